The van der Waals surface area contributed by atoms with Gasteiger partial charge >= 0.3 is 0 Å². The van der Waals surface area contributed by atoms with Crippen LogP contribution in [0.3, 0.4) is 0 Å². The Hall–Kier alpha value is -2.53. The predicted molar refractivity (Wildman–Crippen MR) is 104 cm³/mol. The van der Waals surface area contributed by atoms with Crippen LogP contribution in [0.15, 0.2) is 58.3 Å². The van der Waals surface area contributed by atoms with Crippen molar-refractivity contribution < 1.29 is 9.53 Å². The summed E-state index contributed by atoms with van der Waals surface area (Å²) in [5.74, 6) is 0.551. The van der Waals surface area contributed by atoms with E-state index >= 15 is 0 Å². The molecule has 2 aromatic carbocycles. The molecule has 0 aliphatic rings. The first kappa shape index (κ1) is 18.3. The largest absolute Gasteiger partial charge is 0.483 e. The monoisotopic (exact) mass is 366 g/mol. The van der Waals surface area contributed by atoms with E-state index in [-0.39, 0.29) is 12.5 Å². The van der Waals surface area contributed by atoms with E-state index in [0.29, 0.717) is 0 Å². The van der Waals surface area contributed by atoms with Gasteiger partial charge in [-0.05, 0) is 51.5 Å². The summed E-state index contributed by atoms with van der Waals surface area (Å²) in [5.41, 5.74) is 3.87. The minimum absolute atomic E-state index is 0.0404. The minimum atomic E-state index is -0.175. The first-order chi connectivity index (χ1) is 12.5. The van der Waals surface area contributed by atoms with Crippen molar-refractivity contribution in [2.45, 2.75) is 37.5 Å². The Morgan fingerprint density at radius 1 is 1.08 bits per heavy atom. The fraction of sp³-hybridized carbons (Fsp3) is 0.238. The van der Waals surface area contributed by atoms with Crippen molar-refractivity contribution in [1.82, 2.24) is 9.78 Å². The highest BCUT2D eigenvalue weighted by molar-refractivity contribution is 7.99. The fourth-order valence-corrected chi connectivity index (χ4v) is 3.74. The van der Waals surface area contributed by atoms with Crippen LogP contribution in [0.25, 0.3) is 0 Å². The lowest BCUT2D eigenvalue weighted by Gasteiger charge is -2.10. The summed E-state index contributed by atoms with van der Waals surface area (Å²) in [7, 11) is 0. The summed E-state index contributed by atoms with van der Waals surface area (Å²) in [6, 6.07) is 16.0. The molecule has 1 heterocycles. The van der Waals surface area contributed by atoms with Crippen molar-refractivity contribution >= 4 is 17.7 Å². The maximum Gasteiger partial charge on any atom is 0.285 e. The number of benzene rings is 2. The Labute approximate surface area is 158 Å². The minimum Gasteiger partial charge on any atom is -0.483 e. The van der Waals surface area contributed by atoms with Crippen molar-refractivity contribution in [3.8, 4) is 5.75 Å². The molecule has 0 unspecified atom stereocenters. The highest BCUT2D eigenvalue weighted by Crippen LogP contribution is 2.32. The second-order valence-corrected chi connectivity index (χ2v) is 7.36. The van der Waals surface area contributed by atoms with Gasteiger partial charge in [-0.3, -0.25) is 4.79 Å². The van der Waals surface area contributed by atoms with E-state index in [1.54, 1.807) is 11.8 Å². The van der Waals surface area contributed by atoms with E-state index < -0.39 is 0 Å². The molecule has 0 N–H and O–H groups in total. The third-order valence-electron chi connectivity index (χ3n) is 4.11. The summed E-state index contributed by atoms with van der Waals surface area (Å²) in [6.07, 6.45) is 0. The first-order valence-electron chi connectivity index (χ1n) is 8.48. The smallest absolute Gasteiger partial charge is 0.285 e. The molecule has 0 atom stereocenters. The van der Waals surface area contributed by atoms with Gasteiger partial charge in [0, 0.05) is 4.90 Å². The topological polar surface area (TPSA) is 44.1 Å². The zero-order valence-electron chi connectivity index (χ0n) is 15.4. The highest BCUT2D eigenvalue weighted by atomic mass is 32.2. The standard InChI is InChI=1S/C21H22N2O2S/c1-14-10-11-19(15(2)12-14)25-13-20(24)23-17(4)21(16(3)22-23)26-18-8-6-5-7-9-18/h5-12H,13H2,1-4H3. The Balaban J connectivity index is 1.74. The molecule has 0 aliphatic heterocycles. The van der Waals surface area contributed by atoms with Gasteiger partial charge in [0.15, 0.2) is 6.61 Å². The normalized spacial score (nSPS) is 10.8. The molecule has 0 bridgehead atoms. The van der Waals surface area contributed by atoms with Gasteiger partial charge in [-0.25, -0.2) is 4.68 Å². The van der Waals surface area contributed by atoms with Crippen LogP contribution in [-0.2, 0) is 0 Å². The second kappa shape index (κ2) is 7.79. The lowest BCUT2D eigenvalue weighted by Crippen LogP contribution is -2.22. The third kappa shape index (κ3) is 3.99. The average molecular weight is 366 g/mol. The predicted octanol–water partition coefficient (Wildman–Crippen LogP) is 4.99. The number of nitrogens with zero attached hydrogens (tertiary/aromatic N) is 2. The zero-order chi connectivity index (χ0) is 18.7. The molecule has 3 rings (SSSR count). The summed E-state index contributed by atoms with van der Waals surface area (Å²) in [6.45, 7) is 7.81. The molecule has 4 nitrogen and oxygen atoms in total. The lowest BCUT2D eigenvalue weighted by molar-refractivity contribution is 0.0817. The van der Waals surface area contributed by atoms with Crippen LogP contribution in [0.5, 0.6) is 5.75 Å². The number of carbonyl (C=O) groups excluding carboxylic acids is 1. The van der Waals surface area contributed by atoms with Gasteiger partial charge < -0.3 is 4.74 Å². The van der Waals surface area contributed by atoms with Crippen molar-refractivity contribution in [1.29, 1.82) is 0 Å². The van der Waals surface area contributed by atoms with Gasteiger partial charge in [0.1, 0.15) is 5.75 Å². The highest BCUT2D eigenvalue weighted by Gasteiger charge is 2.18. The van der Waals surface area contributed by atoms with Crippen LogP contribution in [0, 0.1) is 27.7 Å². The first-order valence-corrected chi connectivity index (χ1v) is 9.29. The second-order valence-electron chi connectivity index (χ2n) is 6.28. The van der Waals surface area contributed by atoms with E-state index in [4.69, 9.17) is 4.74 Å². The summed E-state index contributed by atoms with van der Waals surface area (Å²) in [5, 5.41) is 4.42. The van der Waals surface area contributed by atoms with Gasteiger partial charge in [0.25, 0.3) is 5.91 Å². The van der Waals surface area contributed by atoms with Crippen molar-refractivity contribution in [2.24, 2.45) is 0 Å². The van der Waals surface area contributed by atoms with Crippen molar-refractivity contribution in [3.63, 3.8) is 0 Å². The molecule has 0 amide bonds. The molecular weight excluding hydrogens is 344 g/mol. The Morgan fingerprint density at radius 3 is 2.50 bits per heavy atom. The molecule has 3 aromatic rings. The Bertz CT molecular complexity index is 933. The van der Waals surface area contributed by atoms with Crippen LogP contribution in [0.1, 0.15) is 27.3 Å². The van der Waals surface area contributed by atoms with E-state index in [1.165, 1.54) is 10.2 Å². The van der Waals surface area contributed by atoms with E-state index in [1.807, 2.05) is 76.2 Å². The van der Waals surface area contributed by atoms with Crippen molar-refractivity contribution in [2.75, 3.05) is 6.61 Å². The molecule has 0 saturated carbocycles. The van der Waals surface area contributed by atoms with Crippen LogP contribution in [0.2, 0.25) is 0 Å². The van der Waals surface area contributed by atoms with Crippen LogP contribution in [0.4, 0.5) is 0 Å². The number of ether oxygens (including phenoxy) is 1. The molecule has 0 radical (unpaired) electrons. The molecule has 0 saturated heterocycles. The molecule has 0 spiro atoms. The van der Waals surface area contributed by atoms with Crippen molar-refractivity contribution in [3.05, 3.63) is 71.0 Å². The maximum absolute atomic E-state index is 12.6. The maximum atomic E-state index is 12.6. The van der Waals surface area contributed by atoms with Crippen LogP contribution in [-0.4, -0.2) is 22.3 Å². The van der Waals surface area contributed by atoms with Gasteiger partial charge in [0.2, 0.25) is 0 Å². The molecule has 5 heteroatoms. The van der Waals surface area contributed by atoms with Gasteiger partial charge in [-0.2, -0.15) is 5.10 Å². The average Bonchev–Trinajstić information content (AvgIpc) is 2.90. The van der Waals surface area contributed by atoms with Crippen LogP contribution < -0.4 is 4.74 Å². The lowest BCUT2D eigenvalue weighted by atomic mass is 10.1. The third-order valence-corrected chi connectivity index (χ3v) is 5.41. The van der Waals surface area contributed by atoms with E-state index in [0.717, 1.165) is 32.5 Å². The summed E-state index contributed by atoms with van der Waals surface area (Å²) in [4.78, 5) is 14.7. The van der Waals surface area contributed by atoms with E-state index in [9.17, 15) is 4.79 Å². The quantitative estimate of drug-likeness (QED) is 0.638. The molecule has 134 valence electrons. The SMILES string of the molecule is Cc1ccc(OCC(=O)n2nc(C)c(Sc3ccccc3)c2C)c(C)c1. The van der Waals surface area contributed by atoms with Gasteiger partial charge in [-0.15, -0.1) is 0 Å². The fourth-order valence-electron chi connectivity index (χ4n) is 2.79. The zero-order valence-corrected chi connectivity index (χ0v) is 16.3. The molecule has 0 fully saturated rings. The number of aryl methyl sites for hydroxylation is 3. The molecular formula is C21H22N2O2S. The van der Waals surface area contributed by atoms with Gasteiger partial charge in [-0.1, -0.05) is 47.7 Å². The molecule has 0 aliphatic carbocycles. The van der Waals surface area contributed by atoms with Gasteiger partial charge in [0.05, 0.1) is 16.3 Å². The molecule has 1 aromatic heterocycles. The molecule has 26 heavy (non-hydrogen) atoms. The Kier molecular flexibility index (Phi) is 5.47. The summed E-state index contributed by atoms with van der Waals surface area (Å²) >= 11 is 1.62. The Morgan fingerprint density at radius 2 is 1.81 bits per heavy atom. The number of rotatable bonds is 5. The van der Waals surface area contributed by atoms with Crippen LogP contribution >= 0.6 is 11.8 Å². The number of carbonyl (C=O) groups is 1. The number of aromatic nitrogens is 2. The summed E-state index contributed by atoms with van der Waals surface area (Å²) < 4.78 is 7.16. The number of hydrogen-bond donors (Lipinski definition) is 0. The van der Waals surface area contributed by atoms with E-state index in [2.05, 4.69) is 5.10 Å². The number of hydrogen-bond acceptors (Lipinski definition) is 4.